The van der Waals surface area contributed by atoms with Crippen molar-refractivity contribution in [3.8, 4) is 22.8 Å². The van der Waals surface area contributed by atoms with Crippen LogP contribution in [0, 0.1) is 6.92 Å². The van der Waals surface area contributed by atoms with Crippen LogP contribution in [0.3, 0.4) is 0 Å². The molecule has 0 atom stereocenters. The molecule has 2 aromatic carbocycles. The maximum absolute atomic E-state index is 5.98. The van der Waals surface area contributed by atoms with Gasteiger partial charge in [0.25, 0.3) is 0 Å². The van der Waals surface area contributed by atoms with Gasteiger partial charge in [-0.15, -0.1) is 0 Å². The zero-order valence-electron chi connectivity index (χ0n) is 13.8. The Hall–Kier alpha value is -2.73. The van der Waals surface area contributed by atoms with Crippen LogP contribution in [-0.4, -0.2) is 19.7 Å². The number of rotatable bonds is 3. The van der Waals surface area contributed by atoms with Crippen LogP contribution in [0.15, 0.2) is 59.2 Å². The minimum atomic E-state index is 0.520. The average molecular weight is 395 g/mol. The first kappa shape index (κ1) is 15.8. The topological polar surface area (TPSA) is 52.8 Å². The van der Waals surface area contributed by atoms with Gasteiger partial charge in [0.2, 0.25) is 5.88 Å². The second kappa shape index (κ2) is 6.29. The molecule has 0 aliphatic rings. The second-order valence-electron chi connectivity index (χ2n) is 5.71. The van der Waals surface area contributed by atoms with Gasteiger partial charge in [-0.2, -0.15) is 10.1 Å². The smallest absolute Gasteiger partial charge is 0.233 e. The van der Waals surface area contributed by atoms with E-state index in [9.17, 15) is 0 Å². The summed E-state index contributed by atoms with van der Waals surface area (Å²) in [6, 6.07) is 16.2. The van der Waals surface area contributed by atoms with Gasteiger partial charge in [-0.05, 0) is 42.3 Å². The first-order valence-electron chi connectivity index (χ1n) is 7.80. The Labute approximate surface area is 153 Å². The standard InChI is InChI=1S/C19H15BrN4O/c1-12-22-18-17(11-21-24(18)2)19(23-12)25-16-9-5-14(6-10-16)13-3-7-15(20)8-4-13/h3-11H,1-2H3. The van der Waals surface area contributed by atoms with Crippen molar-refractivity contribution in [2.45, 2.75) is 6.92 Å². The summed E-state index contributed by atoms with van der Waals surface area (Å²) in [7, 11) is 1.85. The molecule has 5 nitrogen and oxygen atoms in total. The van der Waals surface area contributed by atoms with Crippen LogP contribution in [0.2, 0.25) is 0 Å². The summed E-state index contributed by atoms with van der Waals surface area (Å²) >= 11 is 3.46. The number of aryl methyl sites for hydroxylation is 2. The molecule has 4 rings (SSSR count). The molecule has 0 bridgehead atoms. The highest BCUT2D eigenvalue weighted by Crippen LogP contribution is 2.29. The number of aromatic nitrogens is 4. The number of halogens is 1. The minimum Gasteiger partial charge on any atom is -0.438 e. The highest BCUT2D eigenvalue weighted by molar-refractivity contribution is 9.10. The summed E-state index contributed by atoms with van der Waals surface area (Å²) in [4.78, 5) is 8.81. The van der Waals surface area contributed by atoms with E-state index in [1.165, 1.54) is 0 Å². The largest absolute Gasteiger partial charge is 0.438 e. The minimum absolute atomic E-state index is 0.520. The molecule has 0 unspecified atom stereocenters. The van der Waals surface area contributed by atoms with Gasteiger partial charge in [-0.1, -0.05) is 40.2 Å². The molecule has 0 N–H and O–H groups in total. The Morgan fingerprint density at radius 1 is 0.920 bits per heavy atom. The van der Waals surface area contributed by atoms with Crippen LogP contribution in [0.4, 0.5) is 0 Å². The van der Waals surface area contributed by atoms with E-state index in [1.807, 2.05) is 50.4 Å². The maximum atomic E-state index is 5.98. The first-order chi connectivity index (χ1) is 12.1. The molecule has 0 saturated heterocycles. The predicted molar refractivity (Wildman–Crippen MR) is 101 cm³/mol. The van der Waals surface area contributed by atoms with Gasteiger partial charge in [0, 0.05) is 11.5 Å². The van der Waals surface area contributed by atoms with Gasteiger partial charge in [-0.25, -0.2) is 4.98 Å². The molecular formula is C19H15BrN4O. The zero-order chi connectivity index (χ0) is 17.4. The fraction of sp³-hybridized carbons (Fsp3) is 0.105. The van der Waals surface area contributed by atoms with Crippen molar-refractivity contribution < 1.29 is 4.74 Å². The van der Waals surface area contributed by atoms with Crippen molar-refractivity contribution in [3.63, 3.8) is 0 Å². The highest BCUT2D eigenvalue weighted by atomic mass is 79.9. The van der Waals surface area contributed by atoms with E-state index < -0.39 is 0 Å². The molecule has 0 aliphatic heterocycles. The van der Waals surface area contributed by atoms with Gasteiger partial charge < -0.3 is 4.74 Å². The lowest BCUT2D eigenvalue weighted by Crippen LogP contribution is -1.97. The van der Waals surface area contributed by atoms with Crippen molar-refractivity contribution in [2.75, 3.05) is 0 Å². The Morgan fingerprint density at radius 2 is 1.56 bits per heavy atom. The lowest BCUT2D eigenvalue weighted by atomic mass is 10.1. The molecule has 0 spiro atoms. The van der Waals surface area contributed by atoms with E-state index in [2.05, 4.69) is 43.1 Å². The summed E-state index contributed by atoms with van der Waals surface area (Å²) in [6.07, 6.45) is 1.72. The van der Waals surface area contributed by atoms with Gasteiger partial charge >= 0.3 is 0 Å². The quantitative estimate of drug-likeness (QED) is 0.496. The number of hydrogen-bond acceptors (Lipinski definition) is 4. The lowest BCUT2D eigenvalue weighted by Gasteiger charge is -2.08. The fourth-order valence-corrected chi connectivity index (χ4v) is 2.91. The lowest BCUT2D eigenvalue weighted by molar-refractivity contribution is 0.466. The van der Waals surface area contributed by atoms with Crippen LogP contribution < -0.4 is 4.74 Å². The van der Waals surface area contributed by atoms with E-state index in [0.29, 0.717) is 11.7 Å². The first-order valence-corrected chi connectivity index (χ1v) is 8.60. The van der Waals surface area contributed by atoms with Crippen molar-refractivity contribution in [3.05, 3.63) is 65.0 Å². The Balaban J connectivity index is 1.64. The van der Waals surface area contributed by atoms with E-state index in [1.54, 1.807) is 10.9 Å². The third kappa shape index (κ3) is 3.13. The van der Waals surface area contributed by atoms with Crippen LogP contribution in [0.5, 0.6) is 11.6 Å². The van der Waals surface area contributed by atoms with Crippen LogP contribution >= 0.6 is 15.9 Å². The number of benzene rings is 2. The highest BCUT2D eigenvalue weighted by Gasteiger charge is 2.12. The fourth-order valence-electron chi connectivity index (χ4n) is 2.65. The van der Waals surface area contributed by atoms with E-state index in [4.69, 9.17) is 4.74 Å². The van der Waals surface area contributed by atoms with Crippen molar-refractivity contribution in [1.29, 1.82) is 0 Å². The molecule has 2 aromatic heterocycles. The number of ether oxygens (including phenoxy) is 1. The molecule has 25 heavy (non-hydrogen) atoms. The Kier molecular flexibility index (Phi) is 3.97. The summed E-state index contributed by atoms with van der Waals surface area (Å²) < 4.78 is 8.77. The van der Waals surface area contributed by atoms with Crippen LogP contribution in [0.25, 0.3) is 22.2 Å². The van der Waals surface area contributed by atoms with Gasteiger partial charge in [-0.3, -0.25) is 4.68 Å². The molecule has 0 amide bonds. The number of fused-ring (bicyclic) bond motifs is 1. The van der Waals surface area contributed by atoms with Crippen LogP contribution in [0.1, 0.15) is 5.82 Å². The van der Waals surface area contributed by atoms with Gasteiger partial charge in [0.05, 0.1) is 6.20 Å². The number of hydrogen-bond donors (Lipinski definition) is 0. The predicted octanol–water partition coefficient (Wildman–Crippen LogP) is 4.89. The maximum Gasteiger partial charge on any atom is 0.233 e. The van der Waals surface area contributed by atoms with Crippen molar-refractivity contribution in [2.24, 2.45) is 7.05 Å². The van der Waals surface area contributed by atoms with E-state index >= 15 is 0 Å². The van der Waals surface area contributed by atoms with Gasteiger partial charge in [0.15, 0.2) is 5.65 Å². The summed E-state index contributed by atoms with van der Waals surface area (Å²) in [5.74, 6) is 1.90. The monoisotopic (exact) mass is 394 g/mol. The second-order valence-corrected chi connectivity index (χ2v) is 6.63. The summed E-state index contributed by atoms with van der Waals surface area (Å²) in [6.45, 7) is 1.84. The van der Waals surface area contributed by atoms with E-state index in [0.717, 1.165) is 32.4 Å². The molecular weight excluding hydrogens is 380 g/mol. The molecule has 4 aromatic rings. The van der Waals surface area contributed by atoms with Crippen molar-refractivity contribution in [1.82, 2.24) is 19.7 Å². The third-order valence-electron chi connectivity index (χ3n) is 3.92. The number of nitrogens with zero attached hydrogens (tertiary/aromatic N) is 4. The zero-order valence-corrected chi connectivity index (χ0v) is 15.4. The van der Waals surface area contributed by atoms with E-state index in [-0.39, 0.29) is 0 Å². The van der Waals surface area contributed by atoms with Crippen LogP contribution in [-0.2, 0) is 7.05 Å². The average Bonchev–Trinajstić information content (AvgIpc) is 2.98. The van der Waals surface area contributed by atoms with Crippen molar-refractivity contribution >= 4 is 27.0 Å². The molecule has 0 radical (unpaired) electrons. The SMILES string of the molecule is Cc1nc(Oc2ccc(-c3ccc(Br)cc3)cc2)c2cnn(C)c2n1. The summed E-state index contributed by atoms with van der Waals surface area (Å²) in [5, 5.41) is 5.03. The Bertz CT molecular complexity index is 1040. The normalized spacial score (nSPS) is 11.0. The summed E-state index contributed by atoms with van der Waals surface area (Å²) in [5.41, 5.74) is 3.04. The molecule has 6 heteroatoms. The molecule has 0 aliphatic carbocycles. The molecule has 0 fully saturated rings. The molecule has 2 heterocycles. The Morgan fingerprint density at radius 3 is 2.24 bits per heavy atom. The molecule has 124 valence electrons. The third-order valence-corrected chi connectivity index (χ3v) is 4.44. The van der Waals surface area contributed by atoms with Gasteiger partial charge in [0.1, 0.15) is 17.0 Å². The molecule has 0 saturated carbocycles.